The van der Waals surface area contributed by atoms with Gasteiger partial charge in [0.05, 0.1) is 10.0 Å². The van der Waals surface area contributed by atoms with E-state index in [4.69, 9.17) is 23.2 Å². The molecular weight excluding hydrogens is 321 g/mol. The number of carboxylic acid groups (broad SMARTS) is 1. The summed E-state index contributed by atoms with van der Waals surface area (Å²) in [5.41, 5.74) is -0.0462. The molecule has 0 amide bonds. The van der Waals surface area contributed by atoms with Gasteiger partial charge in [0.1, 0.15) is 0 Å². The Hall–Kier alpha value is -1.84. The molecule has 2 rings (SSSR count). The van der Waals surface area contributed by atoms with Crippen molar-refractivity contribution in [3.05, 3.63) is 69.7 Å². The molecule has 0 radical (unpaired) electrons. The van der Waals surface area contributed by atoms with Gasteiger partial charge in [0, 0.05) is 6.21 Å². The minimum atomic E-state index is -1.38. The second-order valence-corrected chi connectivity index (χ2v) is 5.63. The summed E-state index contributed by atoms with van der Waals surface area (Å²) in [6, 6.07) is 14.1. The van der Waals surface area contributed by atoms with Crippen LogP contribution in [0.25, 0.3) is 0 Å². The van der Waals surface area contributed by atoms with Crippen molar-refractivity contribution in [1.82, 2.24) is 0 Å². The molecule has 1 unspecified atom stereocenters. The molecule has 0 saturated carbocycles. The summed E-state index contributed by atoms with van der Waals surface area (Å²) in [5.74, 6) is -1.03. The molecule has 1 atom stereocenters. The van der Waals surface area contributed by atoms with Crippen LogP contribution in [-0.2, 0) is 10.3 Å². The van der Waals surface area contributed by atoms with E-state index in [9.17, 15) is 9.90 Å². The number of aliphatic carboxylic acids is 1. The van der Waals surface area contributed by atoms with Crippen molar-refractivity contribution >= 4 is 35.4 Å². The van der Waals surface area contributed by atoms with Crippen LogP contribution in [0.5, 0.6) is 0 Å². The first kappa shape index (κ1) is 16.5. The highest BCUT2D eigenvalue weighted by Gasteiger charge is 2.38. The van der Waals surface area contributed by atoms with Crippen molar-refractivity contribution in [3.63, 3.8) is 0 Å². The molecule has 22 heavy (non-hydrogen) atoms. The molecule has 2 aromatic rings. The van der Waals surface area contributed by atoms with Crippen molar-refractivity contribution in [2.75, 3.05) is 0 Å². The van der Waals surface area contributed by atoms with Gasteiger partial charge >= 0.3 is 5.97 Å². The van der Waals surface area contributed by atoms with Crippen LogP contribution in [0.3, 0.4) is 0 Å². The van der Waals surface area contributed by atoms with Gasteiger partial charge in [-0.3, -0.25) is 4.99 Å². The summed E-state index contributed by atoms with van der Waals surface area (Å²) in [5, 5.41) is 10.4. The van der Waals surface area contributed by atoms with Crippen molar-refractivity contribution < 1.29 is 9.90 Å². The zero-order valence-corrected chi connectivity index (χ0v) is 13.5. The zero-order valence-electron chi connectivity index (χ0n) is 12.0. The SMILES string of the molecule is CCC(/N=C/c1ccccc1)(C(=O)O)c1ccc(Cl)c(Cl)c1. The molecule has 0 fully saturated rings. The molecule has 114 valence electrons. The highest BCUT2D eigenvalue weighted by Crippen LogP contribution is 2.34. The Morgan fingerprint density at radius 2 is 1.86 bits per heavy atom. The molecule has 0 saturated heterocycles. The molecule has 0 spiro atoms. The number of rotatable bonds is 5. The average Bonchev–Trinajstić information content (AvgIpc) is 2.52. The van der Waals surface area contributed by atoms with Gasteiger partial charge in [-0.1, -0.05) is 66.5 Å². The van der Waals surface area contributed by atoms with Crippen LogP contribution in [0.4, 0.5) is 0 Å². The maximum Gasteiger partial charge on any atom is 0.336 e. The van der Waals surface area contributed by atoms with Crippen LogP contribution in [0, 0.1) is 0 Å². The summed E-state index contributed by atoms with van der Waals surface area (Å²) in [6.45, 7) is 1.78. The number of aliphatic imine (C=N–C) groups is 1. The van der Waals surface area contributed by atoms with E-state index < -0.39 is 11.5 Å². The largest absolute Gasteiger partial charge is 0.479 e. The Morgan fingerprint density at radius 1 is 1.18 bits per heavy atom. The summed E-state index contributed by atoms with van der Waals surface area (Å²) in [7, 11) is 0. The fourth-order valence-corrected chi connectivity index (χ4v) is 2.48. The van der Waals surface area contributed by atoms with E-state index in [2.05, 4.69) is 4.99 Å². The lowest BCUT2D eigenvalue weighted by Gasteiger charge is -2.24. The predicted molar refractivity (Wildman–Crippen MR) is 90.1 cm³/mol. The minimum Gasteiger partial charge on any atom is -0.479 e. The Balaban J connectivity index is 2.50. The van der Waals surface area contributed by atoms with Crippen molar-refractivity contribution in [2.24, 2.45) is 4.99 Å². The Labute approximate surface area is 139 Å². The maximum atomic E-state index is 11.9. The van der Waals surface area contributed by atoms with Crippen LogP contribution >= 0.6 is 23.2 Å². The second-order valence-electron chi connectivity index (χ2n) is 4.82. The van der Waals surface area contributed by atoms with Crippen molar-refractivity contribution in [2.45, 2.75) is 18.9 Å². The van der Waals surface area contributed by atoms with Gasteiger partial charge in [-0.05, 0) is 29.7 Å². The monoisotopic (exact) mass is 335 g/mol. The number of hydrogen-bond donors (Lipinski definition) is 1. The molecule has 0 aliphatic carbocycles. The number of nitrogens with zero attached hydrogens (tertiary/aromatic N) is 1. The summed E-state index contributed by atoms with van der Waals surface area (Å²) in [4.78, 5) is 16.2. The normalized spacial score (nSPS) is 14.0. The molecule has 3 nitrogen and oxygen atoms in total. The van der Waals surface area contributed by atoms with Crippen LogP contribution in [0.15, 0.2) is 53.5 Å². The fraction of sp³-hybridized carbons (Fsp3) is 0.176. The summed E-state index contributed by atoms with van der Waals surface area (Å²) >= 11 is 11.9. The number of carboxylic acids is 1. The molecule has 0 aromatic heterocycles. The first-order valence-corrected chi connectivity index (χ1v) is 7.54. The quantitative estimate of drug-likeness (QED) is 0.797. The Morgan fingerprint density at radius 3 is 2.41 bits per heavy atom. The average molecular weight is 336 g/mol. The summed E-state index contributed by atoms with van der Waals surface area (Å²) < 4.78 is 0. The lowest BCUT2D eigenvalue weighted by Crippen LogP contribution is -2.33. The molecule has 5 heteroatoms. The standard InChI is InChI=1S/C17H15Cl2NO2/c1-2-17(16(21)22,13-8-9-14(18)15(19)10-13)20-11-12-6-4-3-5-7-12/h3-11H,2H2,1H3,(H,21,22)/b20-11+. The second kappa shape index (κ2) is 6.95. The number of benzene rings is 2. The first-order valence-electron chi connectivity index (χ1n) is 6.79. The zero-order chi connectivity index (χ0) is 16.2. The predicted octanol–water partition coefficient (Wildman–Crippen LogP) is 4.80. The van der Waals surface area contributed by atoms with Crippen LogP contribution < -0.4 is 0 Å². The molecule has 0 bridgehead atoms. The van der Waals surface area contributed by atoms with Crippen molar-refractivity contribution in [3.8, 4) is 0 Å². The number of halogens is 2. The van der Waals surface area contributed by atoms with E-state index in [1.165, 1.54) is 0 Å². The van der Waals surface area contributed by atoms with Gasteiger partial charge in [0.2, 0.25) is 0 Å². The highest BCUT2D eigenvalue weighted by molar-refractivity contribution is 6.42. The van der Waals surface area contributed by atoms with Crippen LogP contribution in [0.2, 0.25) is 10.0 Å². The topological polar surface area (TPSA) is 49.7 Å². The molecule has 0 aliphatic rings. The van der Waals surface area contributed by atoms with Gasteiger partial charge in [-0.15, -0.1) is 0 Å². The summed E-state index contributed by atoms with van der Waals surface area (Å²) in [6.07, 6.45) is 1.86. The van der Waals surface area contributed by atoms with E-state index in [0.29, 0.717) is 22.0 Å². The lowest BCUT2D eigenvalue weighted by atomic mass is 9.88. The molecule has 2 aromatic carbocycles. The lowest BCUT2D eigenvalue weighted by molar-refractivity contribution is -0.143. The first-order chi connectivity index (χ1) is 10.5. The van der Waals surface area contributed by atoms with Gasteiger partial charge in [0.15, 0.2) is 5.54 Å². The van der Waals surface area contributed by atoms with Crippen LogP contribution in [0.1, 0.15) is 24.5 Å². The van der Waals surface area contributed by atoms with Crippen LogP contribution in [-0.4, -0.2) is 17.3 Å². The molecular formula is C17H15Cl2NO2. The highest BCUT2D eigenvalue weighted by atomic mass is 35.5. The maximum absolute atomic E-state index is 11.9. The van der Waals surface area contributed by atoms with Gasteiger partial charge in [-0.2, -0.15) is 0 Å². The van der Waals surface area contributed by atoms with E-state index in [1.807, 2.05) is 30.3 Å². The Bertz CT molecular complexity index is 701. The van der Waals surface area contributed by atoms with E-state index >= 15 is 0 Å². The van der Waals surface area contributed by atoms with E-state index in [1.54, 1.807) is 31.3 Å². The van der Waals surface area contributed by atoms with Crippen molar-refractivity contribution in [1.29, 1.82) is 0 Å². The fourth-order valence-electron chi connectivity index (χ4n) is 2.18. The van der Waals surface area contributed by atoms with E-state index in [0.717, 1.165) is 5.56 Å². The third-order valence-electron chi connectivity index (χ3n) is 3.50. The molecule has 0 heterocycles. The van der Waals surface area contributed by atoms with Gasteiger partial charge in [0.25, 0.3) is 0 Å². The smallest absolute Gasteiger partial charge is 0.336 e. The molecule has 0 aliphatic heterocycles. The number of hydrogen-bond acceptors (Lipinski definition) is 2. The minimum absolute atomic E-state index is 0.295. The van der Waals surface area contributed by atoms with E-state index in [-0.39, 0.29) is 0 Å². The third kappa shape index (κ3) is 3.32. The number of carbonyl (C=O) groups is 1. The van der Waals surface area contributed by atoms with Gasteiger partial charge in [-0.25, -0.2) is 4.79 Å². The van der Waals surface area contributed by atoms with Gasteiger partial charge < -0.3 is 5.11 Å². The Kier molecular flexibility index (Phi) is 5.22. The third-order valence-corrected chi connectivity index (χ3v) is 4.24. The molecule has 1 N–H and O–H groups in total.